The second kappa shape index (κ2) is 3.94. The summed E-state index contributed by atoms with van der Waals surface area (Å²) in [5, 5.41) is 0. The number of nitrogens with zero attached hydrogens (tertiary/aromatic N) is 1. The molecular weight excluding hydrogens is 254 g/mol. The van der Waals surface area contributed by atoms with E-state index in [0.29, 0.717) is 12.5 Å². The lowest BCUT2D eigenvalue weighted by atomic mass is 10.0. The molecule has 0 fully saturated rings. The lowest BCUT2D eigenvalue weighted by Crippen LogP contribution is -2.08. The lowest BCUT2D eigenvalue weighted by Gasteiger charge is -2.09. The Kier molecular flexibility index (Phi) is 2.80. The average molecular weight is 268 g/mol. The minimum absolute atomic E-state index is 0.370. The van der Waals surface area contributed by atoms with Gasteiger partial charge >= 0.3 is 0 Å². The first-order valence-corrected chi connectivity index (χ1v) is 5.77. The molecular formula is C11H14BrN3. The molecule has 15 heavy (non-hydrogen) atoms. The average Bonchev–Trinajstić information content (AvgIpc) is 2.58. The summed E-state index contributed by atoms with van der Waals surface area (Å²) in [6, 6.07) is 4.22. The van der Waals surface area contributed by atoms with Gasteiger partial charge in [-0.1, -0.05) is 6.92 Å². The summed E-state index contributed by atoms with van der Waals surface area (Å²) in [5.74, 6) is 1.30. The molecule has 3 nitrogen and oxygen atoms in total. The highest BCUT2D eigenvalue weighted by molar-refractivity contribution is 9.10. The van der Waals surface area contributed by atoms with Crippen LogP contribution in [0.4, 0.5) is 0 Å². The quantitative estimate of drug-likeness (QED) is 0.879. The Morgan fingerprint density at radius 2 is 2.27 bits per heavy atom. The molecule has 0 saturated heterocycles. The summed E-state index contributed by atoms with van der Waals surface area (Å²) in [6.07, 6.45) is 0. The zero-order valence-corrected chi connectivity index (χ0v) is 10.4. The highest BCUT2D eigenvalue weighted by atomic mass is 79.9. The van der Waals surface area contributed by atoms with E-state index in [2.05, 4.69) is 45.0 Å². The van der Waals surface area contributed by atoms with E-state index in [9.17, 15) is 0 Å². The van der Waals surface area contributed by atoms with Gasteiger partial charge in [-0.15, -0.1) is 0 Å². The Labute approximate surface area is 97.2 Å². The van der Waals surface area contributed by atoms with Crippen molar-refractivity contribution < 1.29 is 0 Å². The van der Waals surface area contributed by atoms with Crippen LogP contribution in [0.15, 0.2) is 16.6 Å². The zero-order chi connectivity index (χ0) is 11.0. The number of aromatic nitrogens is 2. The Bertz CT molecular complexity index is 490. The molecule has 0 aliphatic carbocycles. The molecule has 2 aromatic rings. The van der Waals surface area contributed by atoms with E-state index in [0.717, 1.165) is 21.3 Å². The fourth-order valence-corrected chi connectivity index (χ4v) is 2.21. The number of aryl methyl sites for hydroxylation is 1. The Hall–Kier alpha value is -0.870. The summed E-state index contributed by atoms with van der Waals surface area (Å²) in [5.41, 5.74) is 8.95. The second-order valence-corrected chi connectivity index (χ2v) is 4.71. The SMILES string of the molecule is Cc1nc2c(Br)cc(C(C)CN)cc2[nH]1. The van der Waals surface area contributed by atoms with Crippen molar-refractivity contribution in [1.29, 1.82) is 0 Å². The van der Waals surface area contributed by atoms with E-state index in [4.69, 9.17) is 5.73 Å². The first kappa shape index (κ1) is 10.6. The molecule has 1 aromatic carbocycles. The van der Waals surface area contributed by atoms with Crippen molar-refractivity contribution in [2.45, 2.75) is 19.8 Å². The Morgan fingerprint density at radius 1 is 1.53 bits per heavy atom. The van der Waals surface area contributed by atoms with Gasteiger partial charge in [-0.2, -0.15) is 0 Å². The molecule has 0 saturated carbocycles. The molecule has 0 aliphatic rings. The number of aromatic amines is 1. The minimum Gasteiger partial charge on any atom is -0.342 e. The van der Waals surface area contributed by atoms with Crippen molar-refractivity contribution in [2.24, 2.45) is 5.73 Å². The molecule has 2 rings (SSSR count). The van der Waals surface area contributed by atoms with Gasteiger partial charge in [-0.3, -0.25) is 0 Å². The van der Waals surface area contributed by atoms with Crippen molar-refractivity contribution in [3.63, 3.8) is 0 Å². The number of nitrogens with two attached hydrogens (primary N) is 1. The summed E-state index contributed by atoms with van der Waals surface area (Å²) < 4.78 is 1.03. The molecule has 0 amide bonds. The number of halogens is 1. The lowest BCUT2D eigenvalue weighted by molar-refractivity contribution is 0.774. The van der Waals surface area contributed by atoms with Crippen LogP contribution < -0.4 is 5.73 Å². The number of benzene rings is 1. The van der Waals surface area contributed by atoms with Gasteiger partial charge in [0.05, 0.1) is 5.52 Å². The summed E-state index contributed by atoms with van der Waals surface area (Å²) in [4.78, 5) is 7.64. The van der Waals surface area contributed by atoms with Crippen LogP contribution in [0.1, 0.15) is 24.2 Å². The maximum Gasteiger partial charge on any atom is 0.104 e. The highest BCUT2D eigenvalue weighted by Crippen LogP contribution is 2.27. The molecule has 3 N–H and O–H groups in total. The van der Waals surface area contributed by atoms with Gasteiger partial charge in [0.2, 0.25) is 0 Å². The Balaban J connectivity index is 2.61. The first-order chi connectivity index (χ1) is 7.11. The molecule has 4 heteroatoms. The van der Waals surface area contributed by atoms with E-state index < -0.39 is 0 Å². The number of fused-ring (bicyclic) bond motifs is 1. The van der Waals surface area contributed by atoms with Crippen molar-refractivity contribution in [2.75, 3.05) is 6.54 Å². The number of hydrogen-bond donors (Lipinski definition) is 2. The Morgan fingerprint density at radius 3 is 2.93 bits per heavy atom. The molecule has 0 aliphatic heterocycles. The number of hydrogen-bond acceptors (Lipinski definition) is 2. The summed E-state index contributed by atoms with van der Waals surface area (Å²) >= 11 is 3.54. The summed E-state index contributed by atoms with van der Waals surface area (Å²) in [7, 11) is 0. The molecule has 80 valence electrons. The van der Waals surface area contributed by atoms with Crippen LogP contribution >= 0.6 is 15.9 Å². The van der Waals surface area contributed by atoms with E-state index >= 15 is 0 Å². The zero-order valence-electron chi connectivity index (χ0n) is 8.84. The molecule has 1 unspecified atom stereocenters. The fourth-order valence-electron chi connectivity index (χ4n) is 1.64. The minimum atomic E-state index is 0.370. The third-order valence-electron chi connectivity index (χ3n) is 2.60. The van der Waals surface area contributed by atoms with Crippen molar-refractivity contribution in [3.8, 4) is 0 Å². The maximum absolute atomic E-state index is 5.66. The number of nitrogens with one attached hydrogen (secondary N) is 1. The molecule has 0 bridgehead atoms. The van der Waals surface area contributed by atoms with Crippen molar-refractivity contribution >= 4 is 27.0 Å². The molecule has 1 aromatic heterocycles. The molecule has 1 atom stereocenters. The first-order valence-electron chi connectivity index (χ1n) is 4.97. The fraction of sp³-hybridized carbons (Fsp3) is 0.364. The van der Waals surface area contributed by atoms with Gasteiger partial charge in [-0.05, 0) is 53.0 Å². The van der Waals surface area contributed by atoms with Crippen molar-refractivity contribution in [3.05, 3.63) is 28.0 Å². The normalized spacial score (nSPS) is 13.3. The van der Waals surface area contributed by atoms with E-state index in [1.54, 1.807) is 0 Å². The van der Waals surface area contributed by atoms with Gasteiger partial charge in [0, 0.05) is 4.47 Å². The van der Waals surface area contributed by atoms with E-state index in [-0.39, 0.29) is 0 Å². The van der Waals surface area contributed by atoms with Crippen LogP contribution in [-0.2, 0) is 0 Å². The third-order valence-corrected chi connectivity index (χ3v) is 3.21. The predicted octanol–water partition coefficient (Wildman–Crippen LogP) is 2.70. The maximum atomic E-state index is 5.66. The largest absolute Gasteiger partial charge is 0.342 e. The van der Waals surface area contributed by atoms with Crippen LogP contribution in [-0.4, -0.2) is 16.5 Å². The smallest absolute Gasteiger partial charge is 0.104 e. The third kappa shape index (κ3) is 1.92. The van der Waals surface area contributed by atoms with Crippen LogP contribution in [0.5, 0.6) is 0 Å². The van der Waals surface area contributed by atoms with E-state index in [1.165, 1.54) is 5.56 Å². The van der Waals surface area contributed by atoms with Gasteiger partial charge in [0.15, 0.2) is 0 Å². The van der Waals surface area contributed by atoms with E-state index in [1.807, 2.05) is 6.92 Å². The van der Waals surface area contributed by atoms with Gasteiger partial charge in [-0.25, -0.2) is 4.98 Å². The van der Waals surface area contributed by atoms with Crippen LogP contribution in [0.2, 0.25) is 0 Å². The summed E-state index contributed by atoms with van der Waals surface area (Å²) in [6.45, 7) is 4.74. The highest BCUT2D eigenvalue weighted by Gasteiger charge is 2.09. The molecule has 0 spiro atoms. The van der Waals surface area contributed by atoms with Gasteiger partial charge in [0.25, 0.3) is 0 Å². The second-order valence-electron chi connectivity index (χ2n) is 3.86. The molecule has 0 radical (unpaired) electrons. The van der Waals surface area contributed by atoms with Crippen LogP contribution in [0.3, 0.4) is 0 Å². The van der Waals surface area contributed by atoms with Crippen LogP contribution in [0.25, 0.3) is 11.0 Å². The molecule has 1 heterocycles. The number of H-pyrrole nitrogens is 1. The van der Waals surface area contributed by atoms with Gasteiger partial charge in [0.1, 0.15) is 11.3 Å². The topological polar surface area (TPSA) is 54.7 Å². The number of imidazole rings is 1. The number of rotatable bonds is 2. The predicted molar refractivity (Wildman–Crippen MR) is 66.0 cm³/mol. The van der Waals surface area contributed by atoms with Gasteiger partial charge < -0.3 is 10.7 Å². The monoisotopic (exact) mass is 267 g/mol. The van der Waals surface area contributed by atoms with Crippen molar-refractivity contribution in [1.82, 2.24) is 9.97 Å². The standard InChI is InChI=1S/C11H14BrN3/c1-6(5-13)8-3-9(12)11-10(4-8)14-7(2)15-11/h3-4,6H,5,13H2,1-2H3,(H,14,15). The van der Waals surface area contributed by atoms with Crippen LogP contribution in [0, 0.1) is 6.92 Å².